The van der Waals surface area contributed by atoms with Crippen molar-refractivity contribution < 1.29 is 24.5 Å². The normalized spacial score (nSPS) is 10.9. The van der Waals surface area contributed by atoms with Crippen molar-refractivity contribution in [1.82, 2.24) is 0 Å². The zero-order valence-corrected chi connectivity index (χ0v) is 20.6. The highest BCUT2D eigenvalue weighted by Gasteiger charge is 2.13. The van der Waals surface area contributed by atoms with Crippen LogP contribution in [0.4, 0.5) is 5.69 Å². The summed E-state index contributed by atoms with van der Waals surface area (Å²) in [5, 5.41) is 30.4. The average Bonchev–Trinajstić information content (AvgIpc) is 2.78. The van der Waals surface area contributed by atoms with Crippen molar-refractivity contribution in [2.75, 3.05) is 5.32 Å². The van der Waals surface area contributed by atoms with Crippen LogP contribution < -0.4 is 10.1 Å². The molecule has 0 saturated heterocycles. The fraction of sp³-hybridized carbons (Fsp3) is 0.0417. The molecule has 3 aromatic carbocycles. The largest absolute Gasteiger partial charge is 0.508 e. The van der Waals surface area contributed by atoms with E-state index < -0.39 is 11.9 Å². The predicted molar refractivity (Wildman–Crippen MR) is 135 cm³/mol. The Labute approximate surface area is 211 Å². The van der Waals surface area contributed by atoms with Crippen LogP contribution in [0, 0.1) is 14.9 Å². The molecule has 0 saturated carbocycles. The van der Waals surface area contributed by atoms with Gasteiger partial charge in [-0.2, -0.15) is 5.26 Å². The summed E-state index contributed by atoms with van der Waals surface area (Å²) < 4.78 is 7.28. The summed E-state index contributed by atoms with van der Waals surface area (Å²) in [6.07, 6.45) is 1.47. The lowest BCUT2D eigenvalue weighted by atomic mass is 10.1. The lowest BCUT2D eigenvalue weighted by molar-refractivity contribution is -0.112. The first-order valence-electron chi connectivity index (χ1n) is 9.43. The number of phenolic OH excluding ortho intramolecular Hbond substituents is 1. The molecule has 0 heterocycles. The molecule has 9 heteroatoms. The number of carbonyl (C=O) groups excluding carboxylic acids is 1. The molecule has 33 heavy (non-hydrogen) atoms. The molecule has 0 fully saturated rings. The van der Waals surface area contributed by atoms with E-state index in [0.29, 0.717) is 21.5 Å². The average molecular weight is 619 g/mol. The van der Waals surface area contributed by atoms with Gasteiger partial charge in [0.05, 0.1) is 13.6 Å². The number of phenols is 1. The number of aromatic hydroxyl groups is 1. The molecular formula is C24H16BrIN2O5. The number of aromatic carboxylic acids is 1. The summed E-state index contributed by atoms with van der Waals surface area (Å²) in [5.41, 5.74) is 2.01. The van der Waals surface area contributed by atoms with Gasteiger partial charge in [-0.05, 0) is 104 Å². The van der Waals surface area contributed by atoms with Crippen molar-refractivity contribution in [3.05, 3.63) is 91.0 Å². The smallest absolute Gasteiger partial charge is 0.335 e. The number of nitriles is 1. The SMILES string of the molecule is N#C/C(=C\c1cc(Br)c(OCc2ccc(C(=O)O)cc2)c(I)c1)C(=O)Nc1ccc(O)cc1. The van der Waals surface area contributed by atoms with Crippen molar-refractivity contribution in [1.29, 1.82) is 5.26 Å². The predicted octanol–water partition coefficient (Wildman–Crippen LogP) is 5.58. The highest BCUT2D eigenvalue weighted by atomic mass is 127. The number of nitrogens with zero attached hydrogens (tertiary/aromatic N) is 1. The maximum atomic E-state index is 12.5. The molecule has 0 aliphatic heterocycles. The summed E-state index contributed by atoms with van der Waals surface area (Å²) in [7, 11) is 0. The first-order chi connectivity index (χ1) is 15.8. The third-order valence-electron chi connectivity index (χ3n) is 4.41. The van der Waals surface area contributed by atoms with Gasteiger partial charge >= 0.3 is 5.97 Å². The molecule has 1 amide bonds. The number of ether oxygens (including phenoxy) is 1. The second-order valence-electron chi connectivity index (χ2n) is 6.78. The molecule has 0 unspecified atom stereocenters. The number of benzene rings is 3. The number of anilines is 1. The number of hydrogen-bond acceptors (Lipinski definition) is 5. The van der Waals surface area contributed by atoms with E-state index in [-0.39, 0.29) is 23.5 Å². The van der Waals surface area contributed by atoms with Crippen LogP contribution in [0.2, 0.25) is 0 Å². The Hall–Kier alpha value is -3.36. The quantitative estimate of drug-likeness (QED) is 0.138. The van der Waals surface area contributed by atoms with Crippen LogP contribution in [0.25, 0.3) is 6.08 Å². The Morgan fingerprint density at radius 2 is 1.79 bits per heavy atom. The van der Waals surface area contributed by atoms with Crippen LogP contribution in [0.3, 0.4) is 0 Å². The van der Waals surface area contributed by atoms with Crippen LogP contribution in [0.1, 0.15) is 21.5 Å². The van der Waals surface area contributed by atoms with Crippen molar-refractivity contribution in [3.8, 4) is 17.6 Å². The molecule has 7 nitrogen and oxygen atoms in total. The number of amides is 1. The van der Waals surface area contributed by atoms with E-state index in [0.717, 1.165) is 9.13 Å². The monoisotopic (exact) mass is 618 g/mol. The second kappa shape index (κ2) is 11.0. The number of rotatable bonds is 7. The van der Waals surface area contributed by atoms with E-state index in [1.54, 1.807) is 24.3 Å². The first-order valence-corrected chi connectivity index (χ1v) is 11.3. The van der Waals surface area contributed by atoms with E-state index in [1.807, 2.05) is 6.07 Å². The minimum Gasteiger partial charge on any atom is -0.508 e. The molecule has 166 valence electrons. The number of nitrogens with one attached hydrogen (secondary N) is 1. The third-order valence-corrected chi connectivity index (χ3v) is 5.80. The van der Waals surface area contributed by atoms with E-state index in [4.69, 9.17) is 9.84 Å². The fourth-order valence-corrected chi connectivity index (χ4v) is 4.53. The summed E-state index contributed by atoms with van der Waals surface area (Å²) in [6.45, 7) is 0.238. The molecule has 0 aromatic heterocycles. The van der Waals surface area contributed by atoms with Gasteiger partial charge in [0.1, 0.15) is 29.7 Å². The molecule has 0 aliphatic carbocycles. The van der Waals surface area contributed by atoms with E-state index in [1.165, 1.54) is 42.5 Å². The summed E-state index contributed by atoms with van der Waals surface area (Å²) >= 11 is 5.56. The number of carboxylic acid groups (broad SMARTS) is 1. The number of hydrogen-bond donors (Lipinski definition) is 3. The van der Waals surface area contributed by atoms with Gasteiger partial charge in [0.2, 0.25) is 0 Å². The zero-order chi connectivity index (χ0) is 24.0. The highest BCUT2D eigenvalue weighted by Crippen LogP contribution is 2.33. The summed E-state index contributed by atoms with van der Waals surface area (Å²) in [6, 6.07) is 17.8. The Kier molecular flexibility index (Phi) is 8.08. The molecule has 0 atom stereocenters. The fourth-order valence-electron chi connectivity index (χ4n) is 2.76. The van der Waals surface area contributed by atoms with Crippen molar-refractivity contribution >= 4 is 62.2 Å². The molecule has 0 aliphatic rings. The molecule has 0 radical (unpaired) electrons. The van der Waals surface area contributed by atoms with E-state index >= 15 is 0 Å². The molecule has 3 N–H and O–H groups in total. The van der Waals surface area contributed by atoms with Gasteiger partial charge in [0.25, 0.3) is 5.91 Å². The van der Waals surface area contributed by atoms with Crippen LogP contribution >= 0.6 is 38.5 Å². The van der Waals surface area contributed by atoms with Gasteiger partial charge in [0, 0.05) is 5.69 Å². The molecule has 0 bridgehead atoms. The highest BCUT2D eigenvalue weighted by molar-refractivity contribution is 14.1. The van der Waals surface area contributed by atoms with Crippen molar-refractivity contribution in [2.45, 2.75) is 6.61 Å². The van der Waals surface area contributed by atoms with Crippen LogP contribution in [-0.2, 0) is 11.4 Å². The second-order valence-corrected chi connectivity index (χ2v) is 8.79. The Morgan fingerprint density at radius 3 is 2.36 bits per heavy atom. The van der Waals surface area contributed by atoms with Gasteiger partial charge in [-0.25, -0.2) is 4.79 Å². The van der Waals surface area contributed by atoms with Crippen molar-refractivity contribution in [2.24, 2.45) is 0 Å². The minimum absolute atomic E-state index is 0.0723. The standard InChI is InChI=1S/C24H16BrIN2O5/c25-20-10-15(9-17(12-27)23(30)28-18-5-7-19(29)8-6-18)11-21(26)22(20)33-13-14-1-3-16(4-2-14)24(31)32/h1-11,29H,13H2,(H,28,30)(H,31,32)/b17-9+. The van der Waals surface area contributed by atoms with Gasteiger partial charge in [-0.3, -0.25) is 4.79 Å². The van der Waals surface area contributed by atoms with E-state index in [2.05, 4.69) is 43.8 Å². The maximum absolute atomic E-state index is 12.5. The van der Waals surface area contributed by atoms with Crippen molar-refractivity contribution in [3.63, 3.8) is 0 Å². The lowest BCUT2D eigenvalue weighted by Gasteiger charge is -2.12. The summed E-state index contributed by atoms with van der Waals surface area (Å²) in [5.74, 6) is -0.901. The first kappa shape index (κ1) is 24.3. The number of carboxylic acids is 1. The Balaban J connectivity index is 1.74. The molecule has 3 rings (SSSR count). The van der Waals surface area contributed by atoms with Gasteiger partial charge in [-0.1, -0.05) is 12.1 Å². The Morgan fingerprint density at radius 1 is 1.12 bits per heavy atom. The third kappa shape index (κ3) is 6.57. The summed E-state index contributed by atoms with van der Waals surface area (Å²) in [4.78, 5) is 23.4. The number of halogens is 2. The van der Waals surface area contributed by atoms with Gasteiger partial charge in [-0.15, -0.1) is 0 Å². The molecule has 0 spiro atoms. The maximum Gasteiger partial charge on any atom is 0.335 e. The van der Waals surface area contributed by atoms with Crippen LogP contribution in [0.5, 0.6) is 11.5 Å². The van der Waals surface area contributed by atoms with Crippen LogP contribution in [0.15, 0.2) is 70.7 Å². The van der Waals surface area contributed by atoms with Gasteiger partial charge in [0.15, 0.2) is 0 Å². The minimum atomic E-state index is -0.989. The number of carbonyl (C=O) groups is 2. The zero-order valence-electron chi connectivity index (χ0n) is 16.9. The lowest BCUT2D eigenvalue weighted by Crippen LogP contribution is -2.13. The topological polar surface area (TPSA) is 120 Å². The van der Waals surface area contributed by atoms with Crippen LogP contribution in [-0.4, -0.2) is 22.1 Å². The van der Waals surface area contributed by atoms with E-state index in [9.17, 15) is 20.0 Å². The Bertz CT molecular complexity index is 1240. The molecular weight excluding hydrogens is 603 g/mol. The molecule has 3 aromatic rings. The van der Waals surface area contributed by atoms with Gasteiger partial charge < -0.3 is 20.3 Å².